The van der Waals surface area contributed by atoms with Gasteiger partial charge in [0.25, 0.3) is 0 Å². The van der Waals surface area contributed by atoms with Gasteiger partial charge in [0.1, 0.15) is 6.54 Å². The van der Waals surface area contributed by atoms with Gasteiger partial charge in [0.15, 0.2) is 0 Å². The van der Waals surface area contributed by atoms with Gasteiger partial charge < -0.3 is 15.1 Å². The number of nitrogens with one attached hydrogen (secondary N) is 1. The predicted molar refractivity (Wildman–Crippen MR) is 107 cm³/mol. The summed E-state index contributed by atoms with van der Waals surface area (Å²) in [5, 5.41) is 4.93. The monoisotopic (exact) mass is 373 g/mol. The lowest BCUT2D eigenvalue weighted by molar-refractivity contribution is -0.131. The molecule has 0 bridgehead atoms. The van der Waals surface area contributed by atoms with Crippen LogP contribution in [0.15, 0.2) is 35.7 Å². The molecule has 0 saturated carbocycles. The van der Waals surface area contributed by atoms with Crippen molar-refractivity contribution in [2.24, 2.45) is 0 Å². The normalized spacial score (nSPS) is 18.1. The fourth-order valence-electron chi connectivity index (χ4n) is 3.37. The van der Waals surface area contributed by atoms with Crippen molar-refractivity contribution in [2.45, 2.75) is 25.7 Å². The number of hydrogen-bond donors (Lipinski definition) is 1. The molecule has 2 heterocycles. The highest BCUT2D eigenvalue weighted by Gasteiger charge is 2.25. The zero-order chi connectivity index (χ0) is 18.2. The Balaban J connectivity index is 1.45. The number of benzene rings is 1. The third kappa shape index (κ3) is 5.35. The summed E-state index contributed by atoms with van der Waals surface area (Å²) < 4.78 is 0. The van der Waals surface area contributed by atoms with Crippen molar-refractivity contribution < 1.29 is 9.59 Å². The molecule has 1 saturated heterocycles. The number of likely N-dealkylation sites (tertiary alicyclic amines) is 1. The Bertz CT molecular complexity index is 642. The lowest BCUT2D eigenvalue weighted by Crippen LogP contribution is -2.41. The molecule has 2 amide bonds. The number of hydrogen-bond acceptors (Lipinski definition) is 4. The number of carbonyl (C=O) groups excluding carboxylic acids is 2. The Labute approximate surface area is 159 Å². The maximum absolute atomic E-state index is 12.3. The van der Waals surface area contributed by atoms with Crippen LogP contribution in [0.3, 0.4) is 0 Å². The van der Waals surface area contributed by atoms with E-state index in [0.29, 0.717) is 12.3 Å². The van der Waals surface area contributed by atoms with Crippen LogP contribution in [0.1, 0.15) is 31.2 Å². The number of thioether (sulfide) groups is 1. The Kier molecular flexibility index (Phi) is 7.14. The van der Waals surface area contributed by atoms with Crippen LogP contribution < -0.4 is 5.32 Å². The van der Waals surface area contributed by atoms with Gasteiger partial charge in [0, 0.05) is 6.54 Å². The average Bonchev–Trinajstić information content (AvgIpc) is 3.17. The van der Waals surface area contributed by atoms with E-state index in [4.69, 9.17) is 0 Å². The van der Waals surface area contributed by atoms with Crippen LogP contribution >= 0.6 is 11.8 Å². The number of nitrogens with zero attached hydrogens (tertiary/aromatic N) is 2. The third-order valence-electron chi connectivity index (χ3n) is 4.79. The Morgan fingerprint density at radius 3 is 2.65 bits per heavy atom. The van der Waals surface area contributed by atoms with Crippen molar-refractivity contribution in [1.29, 1.82) is 0 Å². The summed E-state index contributed by atoms with van der Waals surface area (Å²) in [5.74, 6) is 0.285. The minimum absolute atomic E-state index is 0.0134. The molecule has 2 aliphatic heterocycles. The van der Waals surface area contributed by atoms with E-state index >= 15 is 0 Å². The molecule has 1 aromatic carbocycles. The van der Waals surface area contributed by atoms with Crippen LogP contribution in [0.4, 0.5) is 0 Å². The lowest BCUT2D eigenvalue weighted by atomic mass is 10.1. The largest absolute Gasteiger partial charge is 0.355 e. The van der Waals surface area contributed by atoms with E-state index in [-0.39, 0.29) is 18.4 Å². The van der Waals surface area contributed by atoms with Crippen molar-refractivity contribution in [1.82, 2.24) is 15.1 Å². The van der Waals surface area contributed by atoms with Crippen LogP contribution in [0.2, 0.25) is 0 Å². The molecule has 0 aromatic heterocycles. The smallest absolute Gasteiger partial charge is 0.240 e. The first-order valence-electron chi connectivity index (χ1n) is 9.40. The van der Waals surface area contributed by atoms with E-state index in [1.54, 1.807) is 4.90 Å². The van der Waals surface area contributed by atoms with E-state index in [0.717, 1.165) is 30.6 Å². The van der Waals surface area contributed by atoms with E-state index in [1.165, 1.54) is 37.7 Å². The van der Waals surface area contributed by atoms with E-state index < -0.39 is 0 Å². The second kappa shape index (κ2) is 9.78. The fraction of sp³-hybridized carbons (Fsp3) is 0.500. The highest BCUT2D eigenvalue weighted by Crippen LogP contribution is 2.27. The molecule has 0 unspecified atom stereocenters. The molecule has 0 aliphatic carbocycles. The fourth-order valence-corrected chi connectivity index (χ4v) is 4.17. The summed E-state index contributed by atoms with van der Waals surface area (Å²) in [6, 6.07) is 9.76. The molecule has 5 nitrogen and oxygen atoms in total. The van der Waals surface area contributed by atoms with Gasteiger partial charge in [-0.2, -0.15) is 0 Å². The van der Waals surface area contributed by atoms with Gasteiger partial charge in [0.05, 0.1) is 11.4 Å². The minimum Gasteiger partial charge on any atom is -0.355 e. The van der Waals surface area contributed by atoms with Crippen LogP contribution in [-0.2, 0) is 9.59 Å². The zero-order valence-corrected chi connectivity index (χ0v) is 16.0. The van der Waals surface area contributed by atoms with Crippen LogP contribution in [0.25, 0.3) is 5.70 Å². The van der Waals surface area contributed by atoms with Gasteiger partial charge >= 0.3 is 0 Å². The summed E-state index contributed by atoms with van der Waals surface area (Å²) >= 11 is 1.48. The van der Waals surface area contributed by atoms with Crippen LogP contribution in [0.5, 0.6) is 0 Å². The first-order valence-corrected chi connectivity index (χ1v) is 10.5. The number of rotatable bonds is 8. The molecule has 3 rings (SSSR count). The van der Waals surface area contributed by atoms with Crippen molar-refractivity contribution in [3.8, 4) is 0 Å². The van der Waals surface area contributed by atoms with Crippen molar-refractivity contribution in [3.05, 3.63) is 41.3 Å². The SMILES string of the molecule is O=C(CN1C(=O)CSC=C1c1ccccc1)NCCCCN1CCCC1. The highest BCUT2D eigenvalue weighted by molar-refractivity contribution is 8.03. The van der Waals surface area contributed by atoms with E-state index in [2.05, 4.69) is 10.2 Å². The second-order valence-electron chi connectivity index (χ2n) is 6.77. The summed E-state index contributed by atoms with van der Waals surface area (Å²) in [4.78, 5) is 28.7. The quantitative estimate of drug-likeness (QED) is 0.712. The molecule has 0 atom stereocenters. The van der Waals surface area contributed by atoms with Gasteiger partial charge in [-0.15, -0.1) is 11.8 Å². The molecule has 6 heteroatoms. The molecule has 0 spiro atoms. The van der Waals surface area contributed by atoms with Crippen LogP contribution in [0, 0.1) is 0 Å². The molecule has 2 aliphatic rings. The summed E-state index contributed by atoms with van der Waals surface area (Å²) in [6.07, 6.45) is 4.72. The molecule has 1 aromatic rings. The number of unbranched alkanes of at least 4 members (excludes halogenated alkanes) is 1. The standard InChI is InChI=1S/C20H27N3O2S/c24-19(21-10-4-5-11-22-12-6-7-13-22)14-23-18(15-26-16-20(23)25)17-8-2-1-3-9-17/h1-3,8-9,15H,4-7,10-14,16H2,(H,21,24). The molecule has 0 radical (unpaired) electrons. The summed E-state index contributed by atoms with van der Waals surface area (Å²) in [7, 11) is 0. The predicted octanol–water partition coefficient (Wildman–Crippen LogP) is 2.55. The maximum Gasteiger partial charge on any atom is 0.240 e. The van der Waals surface area contributed by atoms with Crippen LogP contribution in [-0.4, -0.2) is 60.1 Å². The maximum atomic E-state index is 12.3. The van der Waals surface area contributed by atoms with Gasteiger partial charge in [-0.1, -0.05) is 30.3 Å². The van der Waals surface area contributed by atoms with Crippen molar-refractivity contribution in [2.75, 3.05) is 38.5 Å². The van der Waals surface area contributed by atoms with Gasteiger partial charge in [-0.05, 0) is 56.3 Å². The highest BCUT2D eigenvalue weighted by atomic mass is 32.2. The van der Waals surface area contributed by atoms with Gasteiger partial charge in [-0.25, -0.2) is 0 Å². The molecule has 26 heavy (non-hydrogen) atoms. The number of carbonyl (C=O) groups is 2. The Hall–Kier alpha value is -1.79. The first kappa shape index (κ1) is 19.0. The van der Waals surface area contributed by atoms with Gasteiger partial charge in [0.2, 0.25) is 11.8 Å². The third-order valence-corrected chi connectivity index (χ3v) is 5.59. The van der Waals surface area contributed by atoms with Crippen molar-refractivity contribution in [3.63, 3.8) is 0 Å². The first-order chi connectivity index (χ1) is 12.7. The molecule has 1 N–H and O–H groups in total. The zero-order valence-electron chi connectivity index (χ0n) is 15.2. The lowest BCUT2D eigenvalue weighted by Gasteiger charge is -2.28. The average molecular weight is 374 g/mol. The molecule has 140 valence electrons. The summed E-state index contributed by atoms with van der Waals surface area (Å²) in [5.41, 5.74) is 1.78. The topological polar surface area (TPSA) is 52.7 Å². The summed E-state index contributed by atoms with van der Waals surface area (Å²) in [6.45, 7) is 4.32. The second-order valence-corrected chi connectivity index (χ2v) is 7.62. The molecule has 1 fully saturated rings. The van der Waals surface area contributed by atoms with Gasteiger partial charge in [-0.3, -0.25) is 9.59 Å². The molecular weight excluding hydrogens is 346 g/mol. The Morgan fingerprint density at radius 2 is 1.88 bits per heavy atom. The molecular formula is C20H27N3O2S. The Morgan fingerprint density at radius 1 is 1.12 bits per heavy atom. The number of amides is 2. The van der Waals surface area contributed by atoms with E-state index in [9.17, 15) is 9.59 Å². The van der Waals surface area contributed by atoms with E-state index in [1.807, 2.05) is 35.7 Å². The minimum atomic E-state index is -0.0896. The van der Waals surface area contributed by atoms with Crippen molar-refractivity contribution >= 4 is 29.3 Å².